The van der Waals surface area contributed by atoms with Gasteiger partial charge in [-0.2, -0.15) is 0 Å². The third-order valence-corrected chi connectivity index (χ3v) is 4.56. The fourth-order valence-electron chi connectivity index (χ4n) is 3.33. The molecular weight excluding hydrogens is 242 g/mol. The molecule has 1 unspecified atom stereocenters. The second kappa shape index (κ2) is 4.53. The van der Waals surface area contributed by atoms with Crippen LogP contribution in [0.4, 0.5) is 0 Å². The van der Waals surface area contributed by atoms with Gasteiger partial charge in [0.1, 0.15) is 5.75 Å². The summed E-state index contributed by atoms with van der Waals surface area (Å²) in [6.07, 6.45) is 3.42. The molecule has 0 saturated heterocycles. The molecule has 102 valence electrons. The molecule has 3 rings (SSSR count). The smallest absolute Gasteiger partial charge is 0.311 e. The molecule has 0 amide bonds. The first-order chi connectivity index (χ1) is 9.17. The molecule has 0 bridgehead atoms. The van der Waals surface area contributed by atoms with Crippen molar-refractivity contribution < 1.29 is 14.6 Å². The third-order valence-electron chi connectivity index (χ3n) is 4.56. The fourth-order valence-corrected chi connectivity index (χ4v) is 3.33. The number of carbonyl (C=O) groups is 1. The second-order valence-corrected chi connectivity index (χ2v) is 5.50. The van der Waals surface area contributed by atoms with Crippen LogP contribution in [0.5, 0.6) is 5.75 Å². The van der Waals surface area contributed by atoms with Crippen LogP contribution < -0.4 is 10.1 Å². The highest BCUT2D eigenvalue weighted by atomic mass is 16.5. The van der Waals surface area contributed by atoms with E-state index in [1.807, 2.05) is 19.2 Å². The molecule has 0 aromatic heterocycles. The lowest BCUT2D eigenvalue weighted by Crippen LogP contribution is -2.47. The van der Waals surface area contributed by atoms with Crippen molar-refractivity contribution in [1.29, 1.82) is 0 Å². The summed E-state index contributed by atoms with van der Waals surface area (Å²) in [6, 6.07) is 5.95. The van der Waals surface area contributed by atoms with Crippen molar-refractivity contribution in [3.63, 3.8) is 0 Å². The minimum atomic E-state index is -0.685. The number of carboxylic acids is 1. The van der Waals surface area contributed by atoms with Gasteiger partial charge in [0.05, 0.1) is 12.0 Å². The maximum Gasteiger partial charge on any atom is 0.311 e. The highest BCUT2D eigenvalue weighted by Gasteiger charge is 2.50. The minimum Gasteiger partial charge on any atom is -0.493 e. The summed E-state index contributed by atoms with van der Waals surface area (Å²) >= 11 is 0. The number of nitrogens with one attached hydrogen (secondary N) is 1. The van der Waals surface area contributed by atoms with E-state index in [1.165, 1.54) is 5.56 Å². The Morgan fingerprint density at radius 3 is 2.84 bits per heavy atom. The van der Waals surface area contributed by atoms with Gasteiger partial charge in [0, 0.05) is 12.5 Å². The summed E-state index contributed by atoms with van der Waals surface area (Å²) in [5.74, 6) is 0.256. The highest BCUT2D eigenvalue weighted by molar-refractivity contribution is 5.77. The summed E-state index contributed by atoms with van der Waals surface area (Å²) < 4.78 is 5.50. The summed E-state index contributed by atoms with van der Waals surface area (Å²) in [7, 11) is 1.84. The number of aliphatic carboxylic acids is 1. The lowest BCUT2D eigenvalue weighted by atomic mass is 9.62. The van der Waals surface area contributed by atoms with Gasteiger partial charge < -0.3 is 15.2 Å². The minimum absolute atomic E-state index is 0.121. The Balaban J connectivity index is 1.96. The molecule has 4 heteroatoms. The van der Waals surface area contributed by atoms with Gasteiger partial charge in [-0.25, -0.2) is 0 Å². The monoisotopic (exact) mass is 261 g/mol. The molecule has 1 aromatic rings. The van der Waals surface area contributed by atoms with E-state index in [0.29, 0.717) is 0 Å². The van der Waals surface area contributed by atoms with Crippen LogP contribution in [-0.2, 0) is 11.2 Å². The number of ether oxygens (including phenoxy) is 1. The van der Waals surface area contributed by atoms with Gasteiger partial charge in [-0.05, 0) is 37.1 Å². The molecule has 1 atom stereocenters. The van der Waals surface area contributed by atoms with E-state index in [0.717, 1.165) is 43.6 Å². The first-order valence-corrected chi connectivity index (χ1v) is 6.84. The van der Waals surface area contributed by atoms with Crippen LogP contribution in [0.1, 0.15) is 36.4 Å². The van der Waals surface area contributed by atoms with E-state index in [2.05, 4.69) is 11.4 Å². The van der Waals surface area contributed by atoms with Crippen LogP contribution in [0, 0.1) is 5.41 Å². The van der Waals surface area contributed by atoms with Crippen LogP contribution in [0.2, 0.25) is 0 Å². The zero-order valence-corrected chi connectivity index (χ0v) is 11.1. The molecular formula is C15H19NO3. The van der Waals surface area contributed by atoms with Crippen molar-refractivity contribution in [2.45, 2.75) is 31.7 Å². The van der Waals surface area contributed by atoms with E-state index in [-0.39, 0.29) is 6.04 Å². The highest BCUT2D eigenvalue weighted by Crippen LogP contribution is 2.50. The maximum absolute atomic E-state index is 11.6. The summed E-state index contributed by atoms with van der Waals surface area (Å²) in [6.45, 7) is 0.729. The van der Waals surface area contributed by atoms with Crippen LogP contribution in [0.15, 0.2) is 18.2 Å². The molecule has 2 aliphatic rings. The Bertz CT molecular complexity index is 508. The third kappa shape index (κ3) is 1.82. The summed E-state index contributed by atoms with van der Waals surface area (Å²) in [4.78, 5) is 11.6. The van der Waals surface area contributed by atoms with E-state index in [4.69, 9.17) is 4.74 Å². The molecule has 0 radical (unpaired) electrons. The van der Waals surface area contributed by atoms with Crippen molar-refractivity contribution in [3.05, 3.63) is 29.3 Å². The number of hydrogen-bond acceptors (Lipinski definition) is 3. The lowest BCUT2D eigenvalue weighted by Gasteiger charge is -2.44. The molecule has 1 aliphatic carbocycles. The second-order valence-electron chi connectivity index (χ2n) is 5.50. The molecule has 1 aliphatic heterocycles. The topological polar surface area (TPSA) is 58.6 Å². The molecule has 2 N–H and O–H groups in total. The van der Waals surface area contributed by atoms with Crippen molar-refractivity contribution in [2.75, 3.05) is 13.7 Å². The first-order valence-electron chi connectivity index (χ1n) is 6.84. The van der Waals surface area contributed by atoms with E-state index in [1.54, 1.807) is 0 Å². The normalized spacial score (nSPS) is 21.1. The van der Waals surface area contributed by atoms with Gasteiger partial charge in [-0.15, -0.1) is 0 Å². The number of benzene rings is 1. The standard InChI is InChI=1S/C15H19NO3/c1-16-13(15(14(17)18)6-2-7-15)11-3-4-12-10(9-11)5-8-19-12/h3-4,9,13,16H,2,5-8H2,1H3,(H,17,18). The quantitative estimate of drug-likeness (QED) is 0.871. The number of fused-ring (bicyclic) bond motifs is 1. The Kier molecular flexibility index (Phi) is 2.97. The van der Waals surface area contributed by atoms with Crippen LogP contribution in [0.3, 0.4) is 0 Å². The van der Waals surface area contributed by atoms with Gasteiger partial charge in [0.2, 0.25) is 0 Å². The molecule has 0 spiro atoms. The zero-order valence-electron chi connectivity index (χ0n) is 11.1. The average Bonchev–Trinajstić information content (AvgIpc) is 2.79. The lowest BCUT2D eigenvalue weighted by molar-refractivity contribution is -0.157. The van der Waals surface area contributed by atoms with Crippen LogP contribution >= 0.6 is 0 Å². The molecule has 1 aromatic carbocycles. The first kappa shape index (κ1) is 12.5. The summed E-state index contributed by atoms with van der Waals surface area (Å²) in [5.41, 5.74) is 1.62. The number of carboxylic acid groups (broad SMARTS) is 1. The van der Waals surface area contributed by atoms with Crippen molar-refractivity contribution in [1.82, 2.24) is 5.32 Å². The van der Waals surface area contributed by atoms with E-state index >= 15 is 0 Å². The zero-order chi connectivity index (χ0) is 13.5. The Hall–Kier alpha value is -1.55. The largest absolute Gasteiger partial charge is 0.493 e. The number of rotatable bonds is 4. The van der Waals surface area contributed by atoms with Crippen LogP contribution in [0.25, 0.3) is 0 Å². The predicted molar refractivity (Wildman–Crippen MR) is 71.4 cm³/mol. The Labute approximate surface area is 112 Å². The Morgan fingerprint density at radius 2 is 2.26 bits per heavy atom. The van der Waals surface area contributed by atoms with Gasteiger partial charge in [0.15, 0.2) is 0 Å². The fraction of sp³-hybridized carbons (Fsp3) is 0.533. The van der Waals surface area contributed by atoms with Crippen molar-refractivity contribution >= 4 is 5.97 Å². The van der Waals surface area contributed by atoms with E-state index in [9.17, 15) is 9.90 Å². The molecule has 1 saturated carbocycles. The van der Waals surface area contributed by atoms with Gasteiger partial charge in [0.25, 0.3) is 0 Å². The van der Waals surface area contributed by atoms with Crippen LogP contribution in [-0.4, -0.2) is 24.7 Å². The van der Waals surface area contributed by atoms with Crippen molar-refractivity contribution in [2.24, 2.45) is 5.41 Å². The molecule has 1 fully saturated rings. The number of hydrogen-bond donors (Lipinski definition) is 2. The van der Waals surface area contributed by atoms with Gasteiger partial charge in [-0.3, -0.25) is 4.79 Å². The molecule has 19 heavy (non-hydrogen) atoms. The Morgan fingerprint density at radius 1 is 1.47 bits per heavy atom. The summed E-state index contributed by atoms with van der Waals surface area (Å²) in [5, 5.41) is 12.8. The molecule has 4 nitrogen and oxygen atoms in total. The molecule has 1 heterocycles. The van der Waals surface area contributed by atoms with Gasteiger partial charge >= 0.3 is 5.97 Å². The maximum atomic E-state index is 11.6. The van der Waals surface area contributed by atoms with E-state index < -0.39 is 11.4 Å². The SMILES string of the molecule is CNC(c1ccc2c(c1)CCO2)C1(C(=O)O)CCC1. The van der Waals surface area contributed by atoms with Crippen molar-refractivity contribution in [3.8, 4) is 5.75 Å². The average molecular weight is 261 g/mol. The van der Waals surface area contributed by atoms with Gasteiger partial charge in [-0.1, -0.05) is 18.6 Å². The predicted octanol–water partition coefficient (Wildman–Crippen LogP) is 2.14.